The summed E-state index contributed by atoms with van der Waals surface area (Å²) in [5.41, 5.74) is 0. The number of hydrogen-bond acceptors (Lipinski definition) is 3. The third-order valence-corrected chi connectivity index (χ3v) is 5.38. The highest BCUT2D eigenvalue weighted by Gasteiger charge is 2.46. The largest absolute Gasteiger partial charge is 0.480 e. The van der Waals surface area contributed by atoms with Crippen molar-refractivity contribution < 1.29 is 19.4 Å². The van der Waals surface area contributed by atoms with E-state index in [-0.39, 0.29) is 30.0 Å². The second-order valence-electron chi connectivity index (χ2n) is 6.62. The average Bonchev–Trinajstić information content (AvgIpc) is 2.70. The lowest BCUT2D eigenvalue weighted by atomic mass is 9.84. The molecule has 0 spiro atoms. The fraction of sp³-hybridized carbons (Fsp3) is 0.875. The van der Waals surface area contributed by atoms with E-state index in [1.807, 2.05) is 20.8 Å². The van der Waals surface area contributed by atoms with E-state index in [0.29, 0.717) is 18.9 Å². The molecule has 0 saturated carbocycles. The van der Waals surface area contributed by atoms with Gasteiger partial charge in [0.15, 0.2) is 0 Å². The quantitative estimate of drug-likeness (QED) is 0.866. The van der Waals surface area contributed by atoms with Crippen LogP contribution in [0.5, 0.6) is 0 Å². The maximum atomic E-state index is 12.9. The summed E-state index contributed by atoms with van der Waals surface area (Å²) in [6.45, 7) is 8.55. The van der Waals surface area contributed by atoms with Crippen LogP contribution < -0.4 is 0 Å². The van der Waals surface area contributed by atoms with Gasteiger partial charge in [0.05, 0.1) is 18.1 Å². The second-order valence-corrected chi connectivity index (χ2v) is 6.62. The molecule has 5 heteroatoms. The van der Waals surface area contributed by atoms with Crippen LogP contribution in [0.25, 0.3) is 0 Å². The van der Waals surface area contributed by atoms with Crippen LogP contribution in [0.15, 0.2) is 0 Å². The first-order valence-electron chi connectivity index (χ1n) is 8.05. The van der Waals surface area contributed by atoms with E-state index >= 15 is 0 Å². The predicted octanol–water partition coefficient (Wildman–Crippen LogP) is 2.15. The molecule has 2 fully saturated rings. The summed E-state index contributed by atoms with van der Waals surface area (Å²) in [6, 6.07) is -0.675. The minimum absolute atomic E-state index is 0.0405. The van der Waals surface area contributed by atoms with Gasteiger partial charge in [0, 0.05) is 6.54 Å². The number of carbonyl (C=O) groups excluding carboxylic acids is 1. The molecule has 1 N–H and O–H groups in total. The lowest BCUT2D eigenvalue weighted by Crippen LogP contribution is -2.53. The number of amides is 1. The number of carboxylic acids is 1. The van der Waals surface area contributed by atoms with E-state index < -0.39 is 12.0 Å². The molecule has 1 amide bonds. The average molecular weight is 297 g/mol. The molecule has 6 unspecified atom stereocenters. The van der Waals surface area contributed by atoms with Gasteiger partial charge in [-0.1, -0.05) is 20.3 Å². The second kappa shape index (κ2) is 6.34. The number of hydrogen-bond donors (Lipinski definition) is 1. The van der Waals surface area contributed by atoms with Gasteiger partial charge in [-0.2, -0.15) is 0 Å². The number of likely N-dealkylation sites (tertiary alicyclic amines) is 1. The van der Waals surface area contributed by atoms with Gasteiger partial charge in [-0.25, -0.2) is 4.79 Å². The molecule has 6 atom stereocenters. The molecule has 2 heterocycles. The number of piperidine rings is 1. The van der Waals surface area contributed by atoms with Gasteiger partial charge < -0.3 is 14.7 Å². The monoisotopic (exact) mass is 297 g/mol. The van der Waals surface area contributed by atoms with Gasteiger partial charge in [0.2, 0.25) is 5.91 Å². The molecule has 2 rings (SSSR count). The van der Waals surface area contributed by atoms with Crippen LogP contribution in [0, 0.1) is 17.8 Å². The Balaban J connectivity index is 2.15. The van der Waals surface area contributed by atoms with Crippen molar-refractivity contribution in [3.05, 3.63) is 0 Å². The molecule has 0 aromatic rings. The van der Waals surface area contributed by atoms with Crippen LogP contribution in [0.3, 0.4) is 0 Å². The molecule has 0 aromatic carbocycles. The van der Waals surface area contributed by atoms with Crippen LogP contribution in [0.4, 0.5) is 0 Å². The van der Waals surface area contributed by atoms with Gasteiger partial charge in [-0.3, -0.25) is 4.79 Å². The van der Waals surface area contributed by atoms with Gasteiger partial charge in [0.25, 0.3) is 0 Å². The zero-order chi connectivity index (χ0) is 15.7. The smallest absolute Gasteiger partial charge is 0.326 e. The van der Waals surface area contributed by atoms with Crippen LogP contribution in [-0.2, 0) is 14.3 Å². The molecule has 5 nitrogen and oxygen atoms in total. The maximum Gasteiger partial charge on any atom is 0.326 e. The van der Waals surface area contributed by atoms with Crippen LogP contribution in [0.1, 0.15) is 47.0 Å². The van der Waals surface area contributed by atoms with Gasteiger partial charge in [-0.15, -0.1) is 0 Å². The normalized spacial score (nSPS) is 40.3. The molecular weight excluding hydrogens is 270 g/mol. The topological polar surface area (TPSA) is 66.8 Å². The lowest BCUT2D eigenvalue weighted by molar-refractivity contribution is -0.156. The van der Waals surface area contributed by atoms with Crippen LogP contribution in [-0.4, -0.2) is 46.7 Å². The Morgan fingerprint density at radius 2 is 1.90 bits per heavy atom. The molecule has 2 aliphatic rings. The van der Waals surface area contributed by atoms with Crippen molar-refractivity contribution in [3.8, 4) is 0 Å². The first kappa shape index (κ1) is 16.3. The van der Waals surface area contributed by atoms with E-state index in [9.17, 15) is 14.7 Å². The summed E-state index contributed by atoms with van der Waals surface area (Å²) in [6.07, 6.45) is 2.36. The molecule has 120 valence electrons. The number of aliphatic carboxylic acids is 1. The number of carbonyl (C=O) groups is 2. The summed E-state index contributed by atoms with van der Waals surface area (Å²) in [5, 5.41) is 9.47. The number of carboxylic acid groups (broad SMARTS) is 1. The minimum atomic E-state index is -0.881. The Labute approximate surface area is 126 Å². The van der Waals surface area contributed by atoms with E-state index in [2.05, 4.69) is 6.92 Å². The fourth-order valence-electron chi connectivity index (χ4n) is 3.79. The van der Waals surface area contributed by atoms with Crippen molar-refractivity contribution >= 4 is 11.9 Å². The molecule has 2 aliphatic heterocycles. The fourth-order valence-corrected chi connectivity index (χ4v) is 3.79. The first-order chi connectivity index (χ1) is 9.86. The Morgan fingerprint density at radius 1 is 1.24 bits per heavy atom. The molecule has 0 radical (unpaired) electrons. The number of nitrogens with zero attached hydrogens (tertiary/aromatic N) is 1. The molecule has 0 bridgehead atoms. The summed E-state index contributed by atoms with van der Waals surface area (Å²) in [5.74, 6) is -0.607. The predicted molar refractivity (Wildman–Crippen MR) is 78.8 cm³/mol. The minimum Gasteiger partial charge on any atom is -0.480 e. The van der Waals surface area contributed by atoms with Gasteiger partial charge in [-0.05, 0) is 38.5 Å². The van der Waals surface area contributed by atoms with E-state index in [1.54, 1.807) is 4.90 Å². The Hall–Kier alpha value is -1.10. The number of ether oxygens (including phenoxy) is 1. The highest BCUT2D eigenvalue weighted by molar-refractivity contribution is 5.86. The molecule has 0 aromatic heterocycles. The van der Waals surface area contributed by atoms with Crippen molar-refractivity contribution in [2.45, 2.75) is 65.2 Å². The van der Waals surface area contributed by atoms with E-state index in [1.165, 1.54) is 0 Å². The highest BCUT2D eigenvalue weighted by Crippen LogP contribution is 2.36. The Kier molecular flexibility index (Phi) is 4.91. The number of rotatable bonds is 3. The SMILES string of the molecule is CCC1CCN(C(=O)C2C(C)OC(C)C2C)C(C(=O)O)C1. The molecular formula is C16H27NO4. The summed E-state index contributed by atoms with van der Waals surface area (Å²) >= 11 is 0. The van der Waals surface area contributed by atoms with Crippen molar-refractivity contribution in [3.63, 3.8) is 0 Å². The van der Waals surface area contributed by atoms with Crippen LogP contribution >= 0.6 is 0 Å². The standard InChI is InChI=1S/C16H27NO4/c1-5-12-6-7-17(13(8-12)16(19)20)15(18)14-9(2)10(3)21-11(14)4/h9-14H,5-8H2,1-4H3,(H,19,20). The lowest BCUT2D eigenvalue weighted by Gasteiger charge is -2.39. The Bertz CT molecular complexity index is 411. The van der Waals surface area contributed by atoms with Crippen molar-refractivity contribution in [2.75, 3.05) is 6.54 Å². The zero-order valence-electron chi connectivity index (χ0n) is 13.4. The van der Waals surface area contributed by atoms with E-state index in [0.717, 1.165) is 12.8 Å². The zero-order valence-corrected chi connectivity index (χ0v) is 13.4. The summed E-state index contributed by atoms with van der Waals surface area (Å²) < 4.78 is 5.74. The molecule has 21 heavy (non-hydrogen) atoms. The van der Waals surface area contributed by atoms with Crippen LogP contribution in [0.2, 0.25) is 0 Å². The van der Waals surface area contributed by atoms with E-state index in [4.69, 9.17) is 4.74 Å². The van der Waals surface area contributed by atoms with Crippen molar-refractivity contribution in [1.82, 2.24) is 4.90 Å². The van der Waals surface area contributed by atoms with Gasteiger partial charge >= 0.3 is 5.97 Å². The summed E-state index contributed by atoms with van der Waals surface area (Å²) in [4.78, 5) is 26.0. The van der Waals surface area contributed by atoms with Crippen molar-refractivity contribution in [1.29, 1.82) is 0 Å². The maximum absolute atomic E-state index is 12.9. The third-order valence-electron chi connectivity index (χ3n) is 5.38. The third kappa shape index (κ3) is 3.07. The summed E-state index contributed by atoms with van der Waals surface area (Å²) in [7, 11) is 0. The first-order valence-corrected chi connectivity index (χ1v) is 8.05. The Morgan fingerprint density at radius 3 is 2.38 bits per heavy atom. The van der Waals surface area contributed by atoms with Gasteiger partial charge in [0.1, 0.15) is 6.04 Å². The molecule has 2 saturated heterocycles. The molecule has 0 aliphatic carbocycles. The highest BCUT2D eigenvalue weighted by atomic mass is 16.5. The van der Waals surface area contributed by atoms with Crippen molar-refractivity contribution in [2.24, 2.45) is 17.8 Å².